The molecule has 0 saturated carbocycles. The Morgan fingerprint density at radius 1 is 1.09 bits per heavy atom. The molecule has 23 heavy (non-hydrogen) atoms. The number of hydrogen-bond acceptors (Lipinski definition) is 6. The summed E-state index contributed by atoms with van der Waals surface area (Å²) in [6.45, 7) is 3.09. The molecule has 0 spiro atoms. The lowest BCUT2D eigenvalue weighted by atomic mass is 9.97. The third-order valence-electron chi connectivity index (χ3n) is 2.92. The molecule has 1 fully saturated rings. The van der Waals surface area contributed by atoms with Gasteiger partial charge in [-0.3, -0.25) is 14.4 Å². The smallest absolute Gasteiger partial charge is 0.457 e. The number of hydrogen-bond donors (Lipinski definition) is 1. The number of esters is 2. The van der Waals surface area contributed by atoms with E-state index in [4.69, 9.17) is 4.74 Å². The average molecular weight is 345 g/mol. The zero-order valence-corrected chi connectivity index (χ0v) is 12.3. The van der Waals surface area contributed by atoms with Crippen LogP contribution in [0.1, 0.15) is 20.8 Å². The molecule has 0 radical (unpaired) electrons. The molecule has 0 aromatic heterocycles. The van der Waals surface area contributed by atoms with E-state index in [1.54, 1.807) is 0 Å². The Kier molecular flexibility index (Phi) is 5.92. The van der Waals surface area contributed by atoms with E-state index in [-0.39, 0.29) is 0 Å². The van der Waals surface area contributed by atoms with Crippen LogP contribution in [0.25, 0.3) is 0 Å². The van der Waals surface area contributed by atoms with Gasteiger partial charge in [0.2, 0.25) is 12.5 Å². The largest absolute Gasteiger partial charge is 0.471 e. The first-order chi connectivity index (χ1) is 10.4. The van der Waals surface area contributed by atoms with E-state index >= 15 is 0 Å². The van der Waals surface area contributed by atoms with Gasteiger partial charge < -0.3 is 19.5 Å². The fourth-order valence-corrected chi connectivity index (χ4v) is 2.01. The van der Waals surface area contributed by atoms with Gasteiger partial charge in [-0.2, -0.15) is 13.2 Å². The molecule has 11 heteroatoms. The molecule has 5 atom stereocenters. The summed E-state index contributed by atoms with van der Waals surface area (Å²) < 4.78 is 65.5. The fourth-order valence-electron chi connectivity index (χ4n) is 2.01. The summed E-state index contributed by atoms with van der Waals surface area (Å²) in [6.07, 6.45) is -12.3. The maximum atomic E-state index is 14.3. The summed E-state index contributed by atoms with van der Waals surface area (Å²) >= 11 is 0. The number of halogens is 4. The Morgan fingerprint density at radius 2 is 1.61 bits per heavy atom. The molecule has 0 aromatic rings. The summed E-state index contributed by atoms with van der Waals surface area (Å²) in [5, 5.41) is 1.52. The zero-order chi connectivity index (χ0) is 17.9. The number of rotatable bonds is 3. The van der Waals surface area contributed by atoms with Crippen molar-refractivity contribution in [3.05, 3.63) is 0 Å². The van der Waals surface area contributed by atoms with E-state index in [0.29, 0.717) is 0 Å². The SMILES string of the molecule is CC(=O)OC1OC(C)C(NC(=O)C(F)(F)F)C(OC(C)=O)C1F. The van der Waals surface area contributed by atoms with Crippen LogP contribution in [0.2, 0.25) is 0 Å². The molecule has 0 aliphatic carbocycles. The minimum absolute atomic E-state index is 0.899. The van der Waals surface area contributed by atoms with Crippen molar-refractivity contribution in [1.82, 2.24) is 5.32 Å². The lowest BCUT2D eigenvalue weighted by molar-refractivity contribution is -0.253. The summed E-state index contributed by atoms with van der Waals surface area (Å²) in [7, 11) is 0. The van der Waals surface area contributed by atoms with Crippen molar-refractivity contribution in [2.45, 2.75) is 57.7 Å². The third-order valence-corrected chi connectivity index (χ3v) is 2.92. The second-order valence-electron chi connectivity index (χ2n) is 4.83. The topological polar surface area (TPSA) is 90.9 Å². The molecule has 1 aliphatic heterocycles. The van der Waals surface area contributed by atoms with Crippen molar-refractivity contribution < 1.29 is 46.2 Å². The molecule has 1 amide bonds. The Bertz CT molecular complexity index is 483. The van der Waals surface area contributed by atoms with Crippen LogP contribution in [0.5, 0.6) is 0 Å². The zero-order valence-electron chi connectivity index (χ0n) is 12.3. The molecular formula is C12H15F4NO6. The first-order valence-corrected chi connectivity index (χ1v) is 6.45. The molecular weight excluding hydrogens is 330 g/mol. The summed E-state index contributed by atoms with van der Waals surface area (Å²) in [6, 6.07) is -1.62. The predicted octanol–water partition coefficient (Wildman–Crippen LogP) is 0.611. The number of amides is 1. The average Bonchev–Trinajstić information content (AvgIpc) is 2.37. The fraction of sp³-hybridized carbons (Fsp3) is 0.750. The van der Waals surface area contributed by atoms with E-state index in [1.807, 2.05) is 0 Å². The van der Waals surface area contributed by atoms with Crippen molar-refractivity contribution >= 4 is 17.8 Å². The number of carbonyl (C=O) groups is 3. The van der Waals surface area contributed by atoms with Crippen molar-refractivity contribution in [2.24, 2.45) is 0 Å². The Hall–Kier alpha value is -1.91. The summed E-state index contributed by atoms with van der Waals surface area (Å²) in [5.41, 5.74) is 0. The van der Waals surface area contributed by atoms with Gasteiger partial charge in [-0.1, -0.05) is 0 Å². The van der Waals surface area contributed by atoms with E-state index in [2.05, 4.69) is 9.47 Å². The molecule has 1 rings (SSSR count). The maximum absolute atomic E-state index is 14.3. The minimum Gasteiger partial charge on any atom is -0.457 e. The summed E-state index contributed by atoms with van der Waals surface area (Å²) in [4.78, 5) is 33.0. The molecule has 5 unspecified atom stereocenters. The first kappa shape index (κ1) is 19.1. The highest BCUT2D eigenvalue weighted by atomic mass is 19.4. The van der Waals surface area contributed by atoms with Gasteiger partial charge >= 0.3 is 24.0 Å². The second-order valence-corrected chi connectivity index (χ2v) is 4.83. The number of ether oxygens (including phenoxy) is 3. The Labute approximate surface area is 128 Å². The number of alkyl halides is 4. The molecule has 132 valence electrons. The van der Waals surface area contributed by atoms with Gasteiger partial charge in [0.15, 0.2) is 6.10 Å². The monoisotopic (exact) mass is 345 g/mol. The summed E-state index contributed by atoms with van der Waals surface area (Å²) in [5.74, 6) is -4.22. The molecule has 1 heterocycles. The van der Waals surface area contributed by atoms with Crippen LogP contribution in [0, 0.1) is 0 Å². The van der Waals surface area contributed by atoms with Crippen LogP contribution in [-0.4, -0.2) is 54.7 Å². The van der Waals surface area contributed by atoms with E-state index in [9.17, 15) is 31.9 Å². The molecule has 1 saturated heterocycles. The van der Waals surface area contributed by atoms with Crippen molar-refractivity contribution in [1.29, 1.82) is 0 Å². The quantitative estimate of drug-likeness (QED) is 0.595. The lowest BCUT2D eigenvalue weighted by Gasteiger charge is -2.41. The predicted molar refractivity (Wildman–Crippen MR) is 64.5 cm³/mol. The molecule has 1 N–H and O–H groups in total. The highest BCUT2D eigenvalue weighted by molar-refractivity contribution is 5.82. The highest BCUT2D eigenvalue weighted by Gasteiger charge is 2.51. The van der Waals surface area contributed by atoms with Gasteiger partial charge in [0.05, 0.1) is 12.1 Å². The van der Waals surface area contributed by atoms with Crippen LogP contribution in [0.4, 0.5) is 17.6 Å². The molecule has 0 bridgehead atoms. The van der Waals surface area contributed by atoms with Crippen LogP contribution in [0.15, 0.2) is 0 Å². The van der Waals surface area contributed by atoms with Crippen LogP contribution in [0.3, 0.4) is 0 Å². The van der Waals surface area contributed by atoms with Gasteiger partial charge in [0.1, 0.15) is 0 Å². The van der Waals surface area contributed by atoms with E-state index in [0.717, 1.165) is 13.8 Å². The van der Waals surface area contributed by atoms with Crippen molar-refractivity contribution in [3.8, 4) is 0 Å². The lowest BCUT2D eigenvalue weighted by Crippen LogP contribution is -2.64. The first-order valence-electron chi connectivity index (χ1n) is 6.45. The second kappa shape index (κ2) is 7.11. The standard InChI is InChI=1S/C12H15F4NO6/c1-4-8(17-11(20)12(14,15)16)9(22-5(2)18)7(13)10(21-4)23-6(3)19/h4,7-10H,1-3H3,(H,17,20). The maximum Gasteiger partial charge on any atom is 0.471 e. The van der Waals surface area contributed by atoms with Crippen molar-refractivity contribution in [2.75, 3.05) is 0 Å². The number of carbonyl (C=O) groups excluding carboxylic acids is 3. The van der Waals surface area contributed by atoms with Crippen LogP contribution >= 0.6 is 0 Å². The molecule has 0 aromatic carbocycles. The van der Waals surface area contributed by atoms with E-state index in [1.165, 1.54) is 12.2 Å². The molecule has 1 aliphatic rings. The highest BCUT2D eigenvalue weighted by Crippen LogP contribution is 2.28. The van der Waals surface area contributed by atoms with Gasteiger partial charge in [-0.25, -0.2) is 4.39 Å². The number of nitrogens with one attached hydrogen (secondary N) is 1. The van der Waals surface area contributed by atoms with Gasteiger partial charge in [0.25, 0.3) is 0 Å². The van der Waals surface area contributed by atoms with E-state index < -0.39 is 54.7 Å². The third kappa shape index (κ3) is 5.05. The molecule has 7 nitrogen and oxygen atoms in total. The normalized spacial score (nSPS) is 31.2. The van der Waals surface area contributed by atoms with Crippen molar-refractivity contribution in [3.63, 3.8) is 0 Å². The van der Waals surface area contributed by atoms with Gasteiger partial charge in [-0.15, -0.1) is 0 Å². The van der Waals surface area contributed by atoms with Crippen LogP contribution < -0.4 is 5.32 Å². The van der Waals surface area contributed by atoms with Gasteiger partial charge in [0, 0.05) is 13.8 Å². The minimum atomic E-state index is -5.21. The van der Waals surface area contributed by atoms with Gasteiger partial charge in [-0.05, 0) is 6.92 Å². The Morgan fingerprint density at radius 3 is 2.04 bits per heavy atom. The Balaban J connectivity index is 3.00. The van der Waals surface area contributed by atoms with Crippen LogP contribution in [-0.2, 0) is 28.6 Å².